The number of carbonyl (C=O) groups excluding carboxylic acids is 4. The van der Waals surface area contributed by atoms with Crippen LogP contribution in [0.5, 0.6) is 0 Å². The highest BCUT2D eigenvalue weighted by Gasteiger charge is 2.38. The van der Waals surface area contributed by atoms with Crippen molar-refractivity contribution in [1.29, 1.82) is 0 Å². The minimum atomic E-state index is -1.29. The summed E-state index contributed by atoms with van der Waals surface area (Å²) in [7, 11) is 0. The molecule has 0 spiro atoms. The Morgan fingerprint density at radius 2 is 1.58 bits per heavy atom. The van der Waals surface area contributed by atoms with Gasteiger partial charge in [-0.1, -0.05) is 56.9 Å². The zero-order chi connectivity index (χ0) is 29.1. The number of ether oxygens (including phenoxy) is 1. The van der Waals surface area contributed by atoms with Gasteiger partial charge >= 0.3 is 6.09 Å². The molecule has 0 saturated carbocycles. The molecule has 4 N–H and O–H groups in total. The Hall–Kier alpha value is -3.10. The van der Waals surface area contributed by atoms with Crippen LogP contribution in [-0.2, 0) is 19.1 Å². The van der Waals surface area contributed by atoms with E-state index in [0.717, 1.165) is 31.2 Å². The van der Waals surface area contributed by atoms with Crippen LogP contribution in [0.15, 0.2) is 24.3 Å². The van der Waals surface area contributed by atoms with Crippen molar-refractivity contribution in [2.24, 2.45) is 5.73 Å². The van der Waals surface area contributed by atoms with Crippen molar-refractivity contribution in [3.05, 3.63) is 35.4 Å². The van der Waals surface area contributed by atoms with Gasteiger partial charge in [0, 0.05) is 12.1 Å². The molecule has 1 aromatic carbocycles. The highest BCUT2D eigenvalue weighted by atomic mass is 16.6. The van der Waals surface area contributed by atoms with Crippen molar-refractivity contribution >= 4 is 23.8 Å². The molecular formula is C29H48N4O5. The number of benzene rings is 1. The van der Waals surface area contributed by atoms with E-state index in [-0.39, 0.29) is 12.5 Å². The number of nitrogens with one attached hydrogen (secondary N) is 2. The number of nitrogens with zero attached hydrogens (tertiary/aromatic N) is 1. The molecule has 2 atom stereocenters. The lowest BCUT2D eigenvalue weighted by atomic mass is 9.96. The maximum atomic E-state index is 14.1. The van der Waals surface area contributed by atoms with Gasteiger partial charge in [0.1, 0.15) is 17.7 Å². The normalized spacial score (nSPS) is 13.3. The molecule has 1 aromatic rings. The highest BCUT2D eigenvalue weighted by molar-refractivity contribution is 5.94. The highest BCUT2D eigenvalue weighted by Crippen LogP contribution is 2.27. The SMILES string of the molecule is CCCCCCCN(C(=O)C(CC(N)=O)NC(=O)OC(C)(C)C)C(C(=O)NC(C)(C)C)c1ccccc1C. The first-order valence-electron chi connectivity index (χ1n) is 13.5. The molecule has 0 aliphatic rings. The van der Waals surface area contributed by atoms with Crippen LogP contribution in [0.2, 0.25) is 0 Å². The van der Waals surface area contributed by atoms with E-state index in [9.17, 15) is 19.2 Å². The number of primary amides is 1. The number of hydrogen-bond donors (Lipinski definition) is 3. The van der Waals surface area contributed by atoms with E-state index in [4.69, 9.17) is 10.5 Å². The molecule has 0 saturated heterocycles. The molecule has 38 heavy (non-hydrogen) atoms. The second-order valence-corrected chi connectivity index (χ2v) is 11.8. The molecular weight excluding hydrogens is 484 g/mol. The molecule has 9 nitrogen and oxygen atoms in total. The molecule has 0 aliphatic heterocycles. The van der Waals surface area contributed by atoms with Crippen LogP contribution >= 0.6 is 0 Å². The number of aryl methyl sites for hydroxylation is 1. The monoisotopic (exact) mass is 532 g/mol. The van der Waals surface area contributed by atoms with Gasteiger partial charge < -0.3 is 26.0 Å². The number of hydrogen-bond acceptors (Lipinski definition) is 5. The molecule has 0 radical (unpaired) electrons. The second kappa shape index (κ2) is 14.7. The van der Waals surface area contributed by atoms with Crippen LogP contribution in [0.1, 0.15) is 104 Å². The van der Waals surface area contributed by atoms with E-state index in [2.05, 4.69) is 17.6 Å². The fourth-order valence-electron chi connectivity index (χ4n) is 4.09. The molecule has 0 bridgehead atoms. The molecule has 4 amide bonds. The lowest BCUT2D eigenvalue weighted by Gasteiger charge is -2.36. The molecule has 2 unspecified atom stereocenters. The summed E-state index contributed by atoms with van der Waals surface area (Å²) in [4.78, 5) is 53.8. The average molecular weight is 533 g/mol. The Labute approximate surface area is 228 Å². The van der Waals surface area contributed by atoms with Gasteiger partial charge in [0.2, 0.25) is 17.7 Å². The Kier molecular flexibility index (Phi) is 12.8. The van der Waals surface area contributed by atoms with Crippen molar-refractivity contribution in [3.63, 3.8) is 0 Å². The van der Waals surface area contributed by atoms with Crippen LogP contribution < -0.4 is 16.4 Å². The largest absolute Gasteiger partial charge is 0.444 e. The summed E-state index contributed by atoms with van der Waals surface area (Å²) in [5.41, 5.74) is 5.63. The molecule has 0 aliphatic carbocycles. The first-order chi connectivity index (χ1) is 17.6. The Morgan fingerprint density at radius 1 is 0.974 bits per heavy atom. The van der Waals surface area contributed by atoms with Crippen LogP contribution in [0.4, 0.5) is 4.79 Å². The summed E-state index contributed by atoms with van der Waals surface area (Å²) in [5, 5.41) is 5.53. The van der Waals surface area contributed by atoms with Gasteiger partial charge in [-0.25, -0.2) is 4.79 Å². The van der Waals surface area contributed by atoms with Gasteiger partial charge in [-0.15, -0.1) is 0 Å². The van der Waals surface area contributed by atoms with Gasteiger partial charge in [0.25, 0.3) is 0 Å². The summed E-state index contributed by atoms with van der Waals surface area (Å²) in [6, 6.07) is 5.15. The first-order valence-corrected chi connectivity index (χ1v) is 13.5. The van der Waals surface area contributed by atoms with Gasteiger partial charge in [-0.05, 0) is 66.0 Å². The zero-order valence-corrected chi connectivity index (χ0v) is 24.5. The fourth-order valence-corrected chi connectivity index (χ4v) is 4.09. The van der Waals surface area contributed by atoms with E-state index >= 15 is 0 Å². The van der Waals surface area contributed by atoms with Crippen molar-refractivity contribution in [1.82, 2.24) is 15.5 Å². The third kappa shape index (κ3) is 12.0. The van der Waals surface area contributed by atoms with E-state index in [1.165, 1.54) is 4.90 Å². The third-order valence-corrected chi connectivity index (χ3v) is 5.72. The Morgan fingerprint density at radius 3 is 2.11 bits per heavy atom. The van der Waals surface area contributed by atoms with Crippen molar-refractivity contribution in [2.75, 3.05) is 6.54 Å². The van der Waals surface area contributed by atoms with Crippen molar-refractivity contribution in [2.45, 2.75) is 117 Å². The number of unbranched alkanes of at least 4 members (excludes halogenated alkanes) is 4. The first kappa shape index (κ1) is 32.9. The molecule has 214 valence electrons. The Balaban J connectivity index is 3.53. The van der Waals surface area contributed by atoms with Crippen molar-refractivity contribution in [3.8, 4) is 0 Å². The van der Waals surface area contributed by atoms with Crippen LogP contribution in [0.25, 0.3) is 0 Å². The Bertz CT molecular complexity index is 949. The molecule has 9 heteroatoms. The summed E-state index contributed by atoms with van der Waals surface area (Å²) in [6.07, 6.45) is 3.42. The lowest BCUT2D eigenvalue weighted by Crippen LogP contribution is -2.55. The number of rotatable bonds is 13. The average Bonchev–Trinajstić information content (AvgIpc) is 2.75. The number of nitrogens with two attached hydrogens (primary N) is 1. The molecule has 0 fully saturated rings. The van der Waals surface area contributed by atoms with Gasteiger partial charge in [0.05, 0.1) is 6.42 Å². The van der Waals surface area contributed by atoms with Crippen LogP contribution in [0.3, 0.4) is 0 Å². The van der Waals surface area contributed by atoms with Gasteiger partial charge in [-0.3, -0.25) is 14.4 Å². The minimum Gasteiger partial charge on any atom is -0.444 e. The van der Waals surface area contributed by atoms with Crippen LogP contribution in [-0.4, -0.2) is 52.4 Å². The summed E-state index contributed by atoms with van der Waals surface area (Å²) < 4.78 is 5.33. The number of alkyl carbamates (subject to hydrolysis) is 1. The van der Waals surface area contributed by atoms with Gasteiger partial charge in [-0.2, -0.15) is 0 Å². The predicted molar refractivity (Wildman–Crippen MR) is 149 cm³/mol. The van der Waals surface area contributed by atoms with E-state index in [1.54, 1.807) is 20.8 Å². The fraction of sp³-hybridized carbons (Fsp3) is 0.655. The number of amides is 4. The maximum Gasteiger partial charge on any atom is 0.408 e. The minimum absolute atomic E-state index is 0.268. The molecule has 0 heterocycles. The smallest absolute Gasteiger partial charge is 0.408 e. The standard InChI is InChI=1S/C29H48N4O5/c1-9-10-11-12-15-18-33(26(36)22(19-23(30)34)31-27(37)38-29(6,7)8)24(25(35)32-28(3,4)5)21-17-14-13-16-20(21)2/h13-14,16-17,22,24H,9-12,15,18-19H2,1-8H3,(H2,30,34)(H,31,37)(H,32,35). The predicted octanol–water partition coefficient (Wildman–Crippen LogP) is 4.52. The van der Waals surface area contributed by atoms with E-state index in [1.807, 2.05) is 52.0 Å². The summed E-state index contributed by atoms with van der Waals surface area (Å²) in [5.74, 6) is -1.67. The van der Waals surface area contributed by atoms with E-state index in [0.29, 0.717) is 12.0 Å². The summed E-state index contributed by atoms with van der Waals surface area (Å²) in [6.45, 7) is 15.0. The zero-order valence-electron chi connectivity index (χ0n) is 24.5. The van der Waals surface area contributed by atoms with E-state index < -0.39 is 47.6 Å². The molecule has 1 rings (SSSR count). The summed E-state index contributed by atoms with van der Waals surface area (Å²) >= 11 is 0. The van der Waals surface area contributed by atoms with Crippen LogP contribution in [0, 0.1) is 6.92 Å². The second-order valence-electron chi connectivity index (χ2n) is 11.8. The number of carbonyl (C=O) groups is 4. The maximum absolute atomic E-state index is 14.1. The third-order valence-electron chi connectivity index (χ3n) is 5.72. The molecule has 0 aromatic heterocycles. The van der Waals surface area contributed by atoms with Gasteiger partial charge in [0.15, 0.2) is 0 Å². The lowest BCUT2D eigenvalue weighted by molar-refractivity contribution is -0.144. The topological polar surface area (TPSA) is 131 Å². The van der Waals surface area contributed by atoms with Crippen molar-refractivity contribution < 1.29 is 23.9 Å². The quantitative estimate of drug-likeness (QED) is 0.322.